The summed E-state index contributed by atoms with van der Waals surface area (Å²) >= 11 is 0. The van der Waals surface area contributed by atoms with Gasteiger partial charge in [-0.05, 0) is 38.5 Å². The summed E-state index contributed by atoms with van der Waals surface area (Å²) in [6.45, 7) is 5.44. The zero-order valence-corrected chi connectivity index (χ0v) is 12.2. The molecule has 0 radical (unpaired) electrons. The highest BCUT2D eigenvalue weighted by Crippen LogP contribution is 2.44. The monoisotopic (exact) mass is 265 g/mol. The van der Waals surface area contributed by atoms with E-state index >= 15 is 0 Å². The Morgan fingerprint density at radius 2 is 1.95 bits per heavy atom. The van der Waals surface area contributed by atoms with Crippen molar-refractivity contribution in [2.45, 2.75) is 31.2 Å². The summed E-state index contributed by atoms with van der Waals surface area (Å²) < 4.78 is 16.3. The first-order chi connectivity index (χ1) is 8.90. The van der Waals surface area contributed by atoms with Gasteiger partial charge in [-0.2, -0.15) is 0 Å². The largest absolute Gasteiger partial charge is 0.497 e. The molecule has 2 rings (SSSR count). The molecule has 0 atom stereocenters. The lowest BCUT2D eigenvalue weighted by Crippen LogP contribution is -2.53. The Hall–Kier alpha value is -1.26. The first-order valence-corrected chi connectivity index (χ1v) is 6.49. The summed E-state index contributed by atoms with van der Waals surface area (Å²) in [7, 11) is 3.36. The van der Waals surface area contributed by atoms with E-state index in [2.05, 4.69) is 0 Å². The van der Waals surface area contributed by atoms with Crippen molar-refractivity contribution >= 4 is 0 Å². The average molecular weight is 265 g/mol. The molecule has 4 heteroatoms. The van der Waals surface area contributed by atoms with Crippen LogP contribution in [0.1, 0.15) is 25.8 Å². The average Bonchev–Trinajstić information content (AvgIpc) is 2.32. The molecule has 1 heterocycles. The molecule has 1 fully saturated rings. The third kappa shape index (κ3) is 2.85. The zero-order chi connectivity index (χ0) is 14.1. The van der Waals surface area contributed by atoms with Gasteiger partial charge in [0.15, 0.2) is 0 Å². The first-order valence-electron chi connectivity index (χ1n) is 6.49. The number of hydrogen-bond acceptors (Lipinski definition) is 4. The highest BCUT2D eigenvalue weighted by Gasteiger charge is 2.45. The van der Waals surface area contributed by atoms with Crippen molar-refractivity contribution in [2.75, 3.05) is 27.4 Å². The van der Waals surface area contributed by atoms with E-state index in [4.69, 9.17) is 19.9 Å². The molecule has 106 valence electrons. The van der Waals surface area contributed by atoms with E-state index in [1.807, 2.05) is 32.0 Å². The summed E-state index contributed by atoms with van der Waals surface area (Å²) in [6.07, 6.45) is 0.851. The molecule has 0 bridgehead atoms. The van der Waals surface area contributed by atoms with E-state index in [9.17, 15) is 0 Å². The second-order valence-electron chi connectivity index (χ2n) is 6.00. The van der Waals surface area contributed by atoms with Crippen LogP contribution in [0.15, 0.2) is 18.2 Å². The molecule has 0 spiro atoms. The number of benzene rings is 1. The van der Waals surface area contributed by atoms with Crippen LogP contribution in [0.3, 0.4) is 0 Å². The van der Waals surface area contributed by atoms with Gasteiger partial charge in [0.05, 0.1) is 27.4 Å². The molecule has 1 aromatic rings. The Kier molecular flexibility index (Phi) is 3.74. The number of hydrogen-bond donors (Lipinski definition) is 1. The lowest BCUT2D eigenvalue weighted by Gasteiger charge is -2.46. The molecular formula is C15H23NO3. The molecule has 2 N–H and O–H groups in total. The Balaban J connectivity index is 2.42. The van der Waals surface area contributed by atoms with Gasteiger partial charge in [-0.15, -0.1) is 0 Å². The fourth-order valence-electron chi connectivity index (χ4n) is 2.80. The van der Waals surface area contributed by atoms with Crippen molar-refractivity contribution in [3.63, 3.8) is 0 Å². The minimum absolute atomic E-state index is 0.0713. The SMILES string of the molecule is COc1ccc(OC)c(C2(CC(C)(C)N)COC2)c1. The van der Waals surface area contributed by atoms with Crippen LogP contribution in [-0.2, 0) is 10.2 Å². The lowest BCUT2D eigenvalue weighted by molar-refractivity contribution is -0.0728. The van der Waals surface area contributed by atoms with E-state index in [-0.39, 0.29) is 11.0 Å². The molecule has 1 aromatic carbocycles. The predicted octanol–water partition coefficient (Wildman–Crippen LogP) is 2.10. The number of nitrogens with two attached hydrogens (primary N) is 1. The van der Waals surface area contributed by atoms with Gasteiger partial charge in [-0.25, -0.2) is 0 Å². The molecule has 0 unspecified atom stereocenters. The Bertz CT molecular complexity index is 447. The van der Waals surface area contributed by atoms with Gasteiger partial charge in [0.2, 0.25) is 0 Å². The Labute approximate surface area is 114 Å². The fraction of sp³-hybridized carbons (Fsp3) is 0.600. The summed E-state index contributed by atoms with van der Waals surface area (Å²) in [4.78, 5) is 0. The molecule has 1 aliphatic heterocycles. The van der Waals surface area contributed by atoms with E-state index in [0.29, 0.717) is 13.2 Å². The molecule has 1 saturated heterocycles. The van der Waals surface area contributed by atoms with Crippen LogP contribution in [0.4, 0.5) is 0 Å². The van der Waals surface area contributed by atoms with Gasteiger partial charge >= 0.3 is 0 Å². The first kappa shape index (κ1) is 14.2. The van der Waals surface area contributed by atoms with E-state index in [1.165, 1.54) is 0 Å². The molecule has 0 saturated carbocycles. The van der Waals surface area contributed by atoms with Crippen LogP contribution in [0.5, 0.6) is 11.5 Å². The summed E-state index contributed by atoms with van der Waals surface area (Å²) in [6, 6.07) is 5.88. The zero-order valence-electron chi connectivity index (χ0n) is 12.2. The highest BCUT2D eigenvalue weighted by atomic mass is 16.5. The standard InChI is InChI=1S/C15H23NO3/c1-14(2,16)8-15(9-19-10-15)12-7-11(17-3)5-6-13(12)18-4/h5-7H,8-10,16H2,1-4H3. The minimum Gasteiger partial charge on any atom is -0.497 e. The Morgan fingerprint density at radius 3 is 2.37 bits per heavy atom. The summed E-state index contributed by atoms with van der Waals surface area (Å²) in [5, 5.41) is 0. The van der Waals surface area contributed by atoms with Gasteiger partial charge < -0.3 is 19.9 Å². The molecular weight excluding hydrogens is 242 g/mol. The molecule has 4 nitrogen and oxygen atoms in total. The maximum absolute atomic E-state index is 6.20. The molecule has 0 aromatic heterocycles. The molecule has 1 aliphatic rings. The number of rotatable bonds is 5. The van der Waals surface area contributed by atoms with Gasteiger partial charge in [0.25, 0.3) is 0 Å². The summed E-state index contributed by atoms with van der Waals surface area (Å²) in [5.41, 5.74) is 7.00. The van der Waals surface area contributed by atoms with Crippen LogP contribution in [0.2, 0.25) is 0 Å². The van der Waals surface area contributed by atoms with Crippen LogP contribution >= 0.6 is 0 Å². The van der Waals surface area contributed by atoms with Crippen molar-refractivity contribution in [3.8, 4) is 11.5 Å². The minimum atomic E-state index is -0.252. The third-order valence-corrected chi connectivity index (χ3v) is 3.53. The van der Waals surface area contributed by atoms with Gasteiger partial charge in [0.1, 0.15) is 11.5 Å². The normalized spacial score (nSPS) is 17.7. The van der Waals surface area contributed by atoms with Crippen molar-refractivity contribution in [1.82, 2.24) is 0 Å². The van der Waals surface area contributed by atoms with Gasteiger partial charge in [0, 0.05) is 16.5 Å². The van der Waals surface area contributed by atoms with Crippen molar-refractivity contribution in [2.24, 2.45) is 5.73 Å². The highest BCUT2D eigenvalue weighted by molar-refractivity contribution is 5.46. The smallest absolute Gasteiger partial charge is 0.123 e. The molecule has 0 amide bonds. The second kappa shape index (κ2) is 5.02. The van der Waals surface area contributed by atoms with E-state index < -0.39 is 0 Å². The third-order valence-electron chi connectivity index (χ3n) is 3.53. The number of ether oxygens (including phenoxy) is 3. The van der Waals surface area contributed by atoms with Crippen molar-refractivity contribution in [1.29, 1.82) is 0 Å². The van der Waals surface area contributed by atoms with Crippen molar-refractivity contribution in [3.05, 3.63) is 23.8 Å². The number of methoxy groups -OCH3 is 2. The fourth-order valence-corrected chi connectivity index (χ4v) is 2.80. The van der Waals surface area contributed by atoms with Gasteiger partial charge in [-0.3, -0.25) is 0 Å². The van der Waals surface area contributed by atoms with Gasteiger partial charge in [-0.1, -0.05) is 0 Å². The lowest BCUT2D eigenvalue weighted by atomic mass is 9.70. The molecule has 19 heavy (non-hydrogen) atoms. The van der Waals surface area contributed by atoms with E-state index in [0.717, 1.165) is 23.5 Å². The predicted molar refractivity (Wildman–Crippen MR) is 74.9 cm³/mol. The topological polar surface area (TPSA) is 53.7 Å². The van der Waals surface area contributed by atoms with Crippen LogP contribution < -0.4 is 15.2 Å². The Morgan fingerprint density at radius 1 is 1.26 bits per heavy atom. The van der Waals surface area contributed by atoms with Crippen LogP contribution in [0.25, 0.3) is 0 Å². The second-order valence-corrected chi connectivity index (χ2v) is 6.00. The maximum atomic E-state index is 6.20. The van der Waals surface area contributed by atoms with E-state index in [1.54, 1.807) is 14.2 Å². The van der Waals surface area contributed by atoms with Crippen LogP contribution in [0, 0.1) is 0 Å². The maximum Gasteiger partial charge on any atom is 0.123 e. The van der Waals surface area contributed by atoms with Crippen molar-refractivity contribution < 1.29 is 14.2 Å². The quantitative estimate of drug-likeness (QED) is 0.886. The van der Waals surface area contributed by atoms with Crippen LogP contribution in [-0.4, -0.2) is 33.0 Å². The summed E-state index contributed by atoms with van der Waals surface area (Å²) in [5.74, 6) is 1.70. The molecule has 0 aliphatic carbocycles.